The summed E-state index contributed by atoms with van der Waals surface area (Å²) in [6, 6.07) is 11.8. The Kier molecular flexibility index (Phi) is 13.9. The summed E-state index contributed by atoms with van der Waals surface area (Å²) in [6.07, 6.45) is 6.42. The molecule has 0 bridgehead atoms. The van der Waals surface area contributed by atoms with Gasteiger partial charge >= 0.3 is 0 Å². The van der Waals surface area contributed by atoms with Gasteiger partial charge in [-0.15, -0.1) is 11.3 Å². The summed E-state index contributed by atoms with van der Waals surface area (Å²) >= 11 is 1.60. The van der Waals surface area contributed by atoms with Crippen LogP contribution in [0.4, 0.5) is 5.82 Å². The van der Waals surface area contributed by atoms with Crippen LogP contribution in [0.15, 0.2) is 48.1 Å². The summed E-state index contributed by atoms with van der Waals surface area (Å²) in [7, 11) is 0. The lowest BCUT2D eigenvalue weighted by molar-refractivity contribution is -0.135. The Morgan fingerprint density at radius 2 is 1.80 bits per heavy atom. The minimum absolute atomic E-state index is 0.0397. The van der Waals surface area contributed by atoms with Crippen molar-refractivity contribution in [3.63, 3.8) is 0 Å². The van der Waals surface area contributed by atoms with Crippen molar-refractivity contribution >= 4 is 40.4 Å². The summed E-state index contributed by atoms with van der Waals surface area (Å²) in [6.45, 7) is 11.5. The van der Waals surface area contributed by atoms with Crippen LogP contribution < -0.4 is 21.3 Å². The van der Waals surface area contributed by atoms with Crippen molar-refractivity contribution in [2.75, 3.05) is 25.1 Å². The van der Waals surface area contributed by atoms with Gasteiger partial charge in [-0.1, -0.05) is 58.4 Å². The Bertz CT molecular complexity index is 1940. The maximum Gasteiger partial charge on any atom is 0.224 e. The Morgan fingerprint density at radius 1 is 1.04 bits per heavy atom. The molecule has 0 spiro atoms. The van der Waals surface area contributed by atoms with Crippen molar-refractivity contribution in [3.05, 3.63) is 65.1 Å². The van der Waals surface area contributed by atoms with E-state index in [0.29, 0.717) is 19.7 Å². The van der Waals surface area contributed by atoms with Gasteiger partial charge in [0.05, 0.1) is 53.6 Å². The molecule has 0 aliphatic heterocycles. The highest BCUT2D eigenvalue weighted by Gasteiger charge is 2.46. The highest BCUT2D eigenvalue weighted by atomic mass is 32.1. The molecule has 0 radical (unpaired) electrons. The van der Waals surface area contributed by atoms with E-state index in [4.69, 9.17) is 4.74 Å². The van der Waals surface area contributed by atoms with Crippen LogP contribution >= 0.6 is 11.3 Å². The van der Waals surface area contributed by atoms with Gasteiger partial charge in [0, 0.05) is 55.3 Å². The fourth-order valence-electron chi connectivity index (χ4n) is 8.08. The molecule has 14 heteroatoms. The number of ketones is 1. The fourth-order valence-corrected chi connectivity index (χ4v) is 8.89. The molecule has 2 saturated carbocycles. The second kappa shape index (κ2) is 18.8. The first-order chi connectivity index (χ1) is 26.9. The number of benzene rings is 1. The predicted octanol–water partition coefficient (Wildman–Crippen LogP) is 5.25. The number of aromatic nitrogens is 4. The predicted molar refractivity (Wildman–Crippen MR) is 218 cm³/mol. The number of thiazole rings is 1. The van der Waals surface area contributed by atoms with Gasteiger partial charge in [-0.2, -0.15) is 9.61 Å². The van der Waals surface area contributed by atoms with Crippen LogP contribution in [0, 0.1) is 24.2 Å². The quantitative estimate of drug-likeness (QED) is 0.0840. The number of aliphatic hydroxyl groups excluding tert-OH is 1. The fraction of sp³-hybridized carbons (Fsp3) is 0.571. The number of hydrogen-bond acceptors (Lipinski definition) is 11. The minimum Gasteiger partial charge on any atom is -0.393 e. The number of amides is 2. The number of Topliss-reactive ketones (excluding diaryl/α,β-unsaturated/α-hetero) is 1. The van der Waals surface area contributed by atoms with Gasteiger partial charge < -0.3 is 31.1 Å². The molecule has 5 N–H and O–H groups in total. The smallest absolute Gasteiger partial charge is 0.224 e. The monoisotopic (exact) mass is 786 g/mol. The van der Waals surface area contributed by atoms with E-state index >= 15 is 0 Å². The van der Waals surface area contributed by atoms with Crippen LogP contribution in [0.1, 0.15) is 89.6 Å². The SMILES string of the molecule is CCCc1cc(N[C@@H]2CCC(NC(=O)CCOCCN[C@H](C(=O)C3C[C@H](O)C[C@H]3C(=O)NCc3ccc(-c4scnc4C)cc3)C(C)(C)C)C2)n2nccc2n1. The first-order valence-electron chi connectivity index (χ1n) is 20.1. The van der Waals surface area contributed by atoms with E-state index < -0.39 is 29.4 Å². The molecular weight excluding hydrogens is 729 g/mol. The molecule has 1 aromatic carbocycles. The highest BCUT2D eigenvalue weighted by molar-refractivity contribution is 7.13. The zero-order chi connectivity index (χ0) is 39.8. The van der Waals surface area contributed by atoms with E-state index in [2.05, 4.69) is 49.3 Å². The Balaban J connectivity index is 0.912. The lowest BCUT2D eigenvalue weighted by Gasteiger charge is -2.33. The third kappa shape index (κ3) is 10.6. The second-order valence-electron chi connectivity index (χ2n) is 16.4. The van der Waals surface area contributed by atoms with Gasteiger partial charge in [-0.05, 0) is 62.0 Å². The molecule has 3 heterocycles. The van der Waals surface area contributed by atoms with Gasteiger partial charge in [0.2, 0.25) is 11.8 Å². The zero-order valence-electron chi connectivity index (χ0n) is 33.3. The number of ether oxygens (including phenoxy) is 1. The maximum absolute atomic E-state index is 14.0. The van der Waals surface area contributed by atoms with Crippen molar-refractivity contribution in [1.29, 1.82) is 0 Å². The van der Waals surface area contributed by atoms with E-state index in [9.17, 15) is 19.5 Å². The van der Waals surface area contributed by atoms with Gasteiger partial charge in [0.15, 0.2) is 11.4 Å². The van der Waals surface area contributed by atoms with E-state index in [0.717, 1.165) is 71.0 Å². The van der Waals surface area contributed by atoms with Gasteiger partial charge in [0.25, 0.3) is 0 Å². The number of carbonyl (C=O) groups excluding carboxylic acids is 3. The van der Waals surface area contributed by atoms with Crippen LogP contribution in [-0.2, 0) is 32.1 Å². The van der Waals surface area contributed by atoms with E-state index in [1.165, 1.54) is 0 Å². The van der Waals surface area contributed by atoms with Crippen molar-refractivity contribution < 1.29 is 24.2 Å². The second-order valence-corrected chi connectivity index (χ2v) is 17.3. The molecule has 2 aliphatic carbocycles. The summed E-state index contributed by atoms with van der Waals surface area (Å²) in [5, 5.41) is 28.2. The molecule has 2 fully saturated rings. The van der Waals surface area contributed by atoms with Gasteiger partial charge in [0.1, 0.15) is 5.82 Å². The molecule has 6 rings (SSSR count). The molecule has 6 atom stereocenters. The number of hydrogen-bond donors (Lipinski definition) is 5. The number of nitrogens with zero attached hydrogens (tertiary/aromatic N) is 4. The minimum atomic E-state index is -0.712. The first-order valence-corrected chi connectivity index (χ1v) is 21.0. The number of carbonyl (C=O) groups is 3. The molecule has 56 heavy (non-hydrogen) atoms. The number of rotatable bonds is 18. The summed E-state index contributed by atoms with van der Waals surface area (Å²) in [5.74, 6) is -0.593. The van der Waals surface area contributed by atoms with E-state index in [1.807, 2.05) is 68.1 Å². The molecule has 2 amide bonds. The summed E-state index contributed by atoms with van der Waals surface area (Å²) < 4.78 is 7.65. The van der Waals surface area contributed by atoms with Crippen LogP contribution in [0.5, 0.6) is 0 Å². The standard InChI is InChI=1S/C42H58N8O5S/c1-6-7-29-21-36(50-35(47-29)14-16-46-50)48-30-12-13-31(20-30)49-37(52)15-18-55-19-17-43-40(42(3,4)5)38(53)33-22-32(51)23-34(33)41(54)44-24-27-8-10-28(11-9-27)39-26(2)45-25-56-39/h8-11,14,16,21,25,30-34,40,43,48,51H,6-7,12-13,15,17-20,22-24H2,1-5H3,(H,44,54)(H,49,52)/t30-,31?,32+,33?,34-,40-/m1/s1. The Labute approximate surface area is 333 Å². The Morgan fingerprint density at radius 3 is 2.54 bits per heavy atom. The average Bonchev–Trinajstić information content (AvgIpc) is 3.98. The van der Waals surface area contributed by atoms with Crippen molar-refractivity contribution in [2.45, 2.75) is 117 Å². The molecule has 2 aliphatic rings. The zero-order valence-corrected chi connectivity index (χ0v) is 34.2. The van der Waals surface area contributed by atoms with Crippen LogP contribution in [0.25, 0.3) is 16.1 Å². The molecule has 4 aromatic rings. The molecule has 2 unspecified atom stereocenters. The normalized spacial score (nSPS) is 21.6. The number of anilines is 1. The lowest BCUT2D eigenvalue weighted by atomic mass is 9.77. The maximum atomic E-state index is 14.0. The highest BCUT2D eigenvalue weighted by Crippen LogP contribution is 2.36. The van der Waals surface area contributed by atoms with Crippen molar-refractivity contribution in [1.82, 2.24) is 35.5 Å². The molecule has 302 valence electrons. The number of fused-ring (bicyclic) bond motifs is 1. The summed E-state index contributed by atoms with van der Waals surface area (Å²) in [5.41, 5.74) is 6.30. The molecule has 0 saturated heterocycles. The van der Waals surface area contributed by atoms with Crippen molar-refractivity contribution in [2.24, 2.45) is 17.3 Å². The molecule has 13 nitrogen and oxygen atoms in total. The third-order valence-electron chi connectivity index (χ3n) is 11.0. The van der Waals surface area contributed by atoms with Crippen molar-refractivity contribution in [3.8, 4) is 10.4 Å². The number of aryl methyl sites for hydroxylation is 2. The largest absolute Gasteiger partial charge is 0.393 e. The van der Waals surface area contributed by atoms with Crippen LogP contribution in [-0.4, -0.2) is 86.3 Å². The summed E-state index contributed by atoms with van der Waals surface area (Å²) in [4.78, 5) is 50.4. The van der Waals surface area contributed by atoms with Gasteiger partial charge in [-0.3, -0.25) is 14.4 Å². The average molecular weight is 787 g/mol. The van der Waals surface area contributed by atoms with Crippen LogP contribution in [0.3, 0.4) is 0 Å². The lowest BCUT2D eigenvalue weighted by Crippen LogP contribution is -2.51. The van der Waals surface area contributed by atoms with E-state index in [1.54, 1.807) is 17.5 Å². The number of nitrogens with one attached hydrogen (secondary N) is 4. The topological polar surface area (TPSA) is 172 Å². The van der Waals surface area contributed by atoms with Gasteiger partial charge in [-0.25, -0.2) is 9.97 Å². The Hall–Kier alpha value is -4.24. The first kappa shape index (κ1) is 41.4. The third-order valence-corrected chi connectivity index (χ3v) is 11.9. The molecular formula is C42H58N8O5S. The van der Waals surface area contributed by atoms with Crippen LogP contribution in [0.2, 0.25) is 0 Å². The number of aliphatic hydroxyl groups is 1. The van der Waals surface area contributed by atoms with E-state index in [-0.39, 0.29) is 55.6 Å². The molecule has 3 aromatic heterocycles.